The first-order valence-corrected chi connectivity index (χ1v) is 11.3. The lowest BCUT2D eigenvalue weighted by molar-refractivity contribution is -0.231. The molecule has 2 fully saturated rings. The Hall–Kier alpha value is -2.07. The Morgan fingerprint density at radius 1 is 1.06 bits per heavy atom. The van der Waals surface area contributed by atoms with Gasteiger partial charge in [-0.15, -0.1) is 11.3 Å². The van der Waals surface area contributed by atoms with Crippen LogP contribution in [0.3, 0.4) is 0 Å². The van der Waals surface area contributed by atoms with Crippen molar-refractivity contribution in [2.75, 3.05) is 6.61 Å². The van der Waals surface area contributed by atoms with Gasteiger partial charge in [-0.3, -0.25) is 0 Å². The smallest absolute Gasteiger partial charge is 0.145 e. The molecule has 0 radical (unpaired) electrons. The second-order valence-electron chi connectivity index (χ2n) is 8.25. The summed E-state index contributed by atoms with van der Waals surface area (Å²) in [5.74, 6) is 1.32. The van der Waals surface area contributed by atoms with Crippen molar-refractivity contribution >= 4 is 11.3 Å². The van der Waals surface area contributed by atoms with Crippen LogP contribution in [0.4, 0.5) is 0 Å². The summed E-state index contributed by atoms with van der Waals surface area (Å²) in [5, 5.41) is 41.2. The third kappa shape index (κ3) is 4.07. The van der Waals surface area contributed by atoms with Crippen molar-refractivity contribution in [3.05, 3.63) is 64.5 Å². The molecule has 0 spiro atoms. The molecule has 7 nitrogen and oxygen atoms in total. The first kappa shape index (κ1) is 20.8. The van der Waals surface area contributed by atoms with Crippen LogP contribution in [-0.2, 0) is 11.2 Å². The van der Waals surface area contributed by atoms with E-state index >= 15 is 0 Å². The molecule has 0 unspecified atom stereocenters. The highest BCUT2D eigenvalue weighted by Crippen LogP contribution is 2.44. The monoisotopic (exact) mass is 443 g/mol. The molecule has 1 aliphatic heterocycles. The molecule has 5 atom stereocenters. The summed E-state index contributed by atoms with van der Waals surface area (Å²) in [6.07, 6.45) is 0.604. The first-order valence-electron chi connectivity index (χ1n) is 10.5. The van der Waals surface area contributed by atoms with E-state index in [1.54, 1.807) is 17.6 Å². The van der Waals surface area contributed by atoms with Crippen LogP contribution in [0.25, 0.3) is 10.6 Å². The van der Waals surface area contributed by atoms with E-state index in [2.05, 4.69) is 11.1 Å². The second-order valence-corrected chi connectivity index (χ2v) is 9.37. The van der Waals surface area contributed by atoms with E-state index in [0.29, 0.717) is 17.9 Å². The Labute approximate surface area is 183 Å². The van der Waals surface area contributed by atoms with Crippen LogP contribution in [0.15, 0.2) is 47.2 Å². The minimum atomic E-state index is -1.39. The minimum Gasteiger partial charge on any atom is -0.463 e. The SMILES string of the molecule is OC[C@H]1O[C@@H](c2ccc(C3CC3)c(Cc3ncc(-c4ccco4)s3)c2)[C@H](O)[C@@H](O)[C@@H]1O. The molecule has 1 saturated heterocycles. The molecule has 3 heterocycles. The molecule has 0 bridgehead atoms. The summed E-state index contributed by atoms with van der Waals surface area (Å²) >= 11 is 1.58. The highest BCUT2D eigenvalue weighted by Gasteiger charge is 2.44. The largest absolute Gasteiger partial charge is 0.463 e. The highest BCUT2D eigenvalue weighted by molar-refractivity contribution is 7.15. The van der Waals surface area contributed by atoms with Crippen LogP contribution < -0.4 is 0 Å². The molecular formula is C23H25NO6S. The summed E-state index contributed by atoms with van der Waals surface area (Å²) in [5.41, 5.74) is 3.08. The number of hydrogen-bond acceptors (Lipinski definition) is 8. The lowest BCUT2D eigenvalue weighted by Crippen LogP contribution is -2.55. The highest BCUT2D eigenvalue weighted by atomic mass is 32.1. The molecule has 0 amide bonds. The predicted molar refractivity (Wildman–Crippen MR) is 114 cm³/mol. The average Bonchev–Trinajstić information content (AvgIpc) is 3.26. The van der Waals surface area contributed by atoms with Crippen LogP contribution in [-0.4, -0.2) is 56.4 Å². The summed E-state index contributed by atoms with van der Waals surface area (Å²) in [6.45, 7) is -0.441. The maximum absolute atomic E-state index is 10.5. The van der Waals surface area contributed by atoms with Crippen molar-refractivity contribution in [2.45, 2.75) is 55.7 Å². The molecule has 164 valence electrons. The third-order valence-corrected chi connectivity index (χ3v) is 7.08. The number of aromatic nitrogens is 1. The molecule has 4 N–H and O–H groups in total. The molecule has 2 aliphatic rings. The fourth-order valence-corrected chi connectivity index (χ4v) is 5.12. The van der Waals surface area contributed by atoms with Gasteiger partial charge in [0.2, 0.25) is 0 Å². The number of aliphatic hydroxyl groups excluding tert-OH is 4. The van der Waals surface area contributed by atoms with Gasteiger partial charge < -0.3 is 29.6 Å². The lowest BCUT2D eigenvalue weighted by atomic mass is 9.89. The maximum atomic E-state index is 10.5. The molecular weight excluding hydrogens is 418 g/mol. The number of aliphatic hydroxyl groups is 4. The number of hydrogen-bond donors (Lipinski definition) is 4. The Morgan fingerprint density at radius 2 is 1.90 bits per heavy atom. The number of thiazole rings is 1. The third-order valence-electron chi connectivity index (χ3n) is 6.06. The van der Waals surface area contributed by atoms with Gasteiger partial charge in [0.1, 0.15) is 36.3 Å². The number of furan rings is 1. The number of benzene rings is 1. The van der Waals surface area contributed by atoms with E-state index in [1.807, 2.05) is 30.5 Å². The van der Waals surface area contributed by atoms with Crippen LogP contribution in [0.1, 0.15) is 46.6 Å². The first-order chi connectivity index (χ1) is 15.0. The van der Waals surface area contributed by atoms with Gasteiger partial charge >= 0.3 is 0 Å². The Kier molecular flexibility index (Phi) is 5.68. The fourth-order valence-electron chi connectivity index (χ4n) is 4.21. The van der Waals surface area contributed by atoms with Crippen molar-refractivity contribution in [1.29, 1.82) is 0 Å². The molecule has 1 aliphatic carbocycles. The normalized spacial score (nSPS) is 28.7. The Bertz CT molecular complexity index is 1030. The van der Waals surface area contributed by atoms with Crippen LogP contribution in [0.5, 0.6) is 0 Å². The molecule has 5 rings (SSSR count). The minimum absolute atomic E-state index is 0.441. The van der Waals surface area contributed by atoms with Gasteiger partial charge in [-0.1, -0.05) is 18.2 Å². The van der Waals surface area contributed by atoms with E-state index in [0.717, 1.165) is 34.1 Å². The standard InChI is InChI=1S/C23H25NO6S/c25-11-17-20(26)21(27)22(28)23(30-17)13-5-6-15(12-3-4-12)14(8-13)9-19-24-10-18(31-19)16-2-1-7-29-16/h1-2,5-8,10,12,17,20-23,25-28H,3-4,9,11H2/t17-,20-,21+,22-,23+/m1/s1. The summed E-state index contributed by atoms with van der Waals surface area (Å²) in [4.78, 5) is 5.53. The van der Waals surface area contributed by atoms with Gasteiger partial charge in [-0.25, -0.2) is 4.98 Å². The number of ether oxygens (including phenoxy) is 1. The molecule has 8 heteroatoms. The summed E-state index contributed by atoms with van der Waals surface area (Å²) in [6, 6.07) is 9.72. The molecule has 2 aromatic heterocycles. The zero-order valence-corrected chi connectivity index (χ0v) is 17.6. The Balaban J connectivity index is 1.44. The summed E-state index contributed by atoms with van der Waals surface area (Å²) < 4.78 is 11.2. The van der Waals surface area contributed by atoms with Gasteiger partial charge in [0.05, 0.1) is 22.8 Å². The van der Waals surface area contributed by atoms with Gasteiger partial charge in [0.25, 0.3) is 0 Å². The second kappa shape index (κ2) is 8.46. The quantitative estimate of drug-likeness (QED) is 0.462. The van der Waals surface area contributed by atoms with Crippen molar-refractivity contribution in [1.82, 2.24) is 4.98 Å². The van der Waals surface area contributed by atoms with Crippen LogP contribution in [0, 0.1) is 0 Å². The van der Waals surface area contributed by atoms with Gasteiger partial charge in [-0.05, 0) is 47.6 Å². The topological polar surface area (TPSA) is 116 Å². The average molecular weight is 444 g/mol. The molecule has 3 aromatic rings. The van der Waals surface area contributed by atoms with E-state index < -0.39 is 37.1 Å². The van der Waals surface area contributed by atoms with E-state index in [9.17, 15) is 20.4 Å². The van der Waals surface area contributed by atoms with Crippen molar-refractivity contribution in [3.63, 3.8) is 0 Å². The van der Waals surface area contributed by atoms with Gasteiger partial charge in [0.15, 0.2) is 0 Å². The lowest BCUT2D eigenvalue weighted by Gasteiger charge is -2.40. The van der Waals surface area contributed by atoms with E-state index in [1.165, 1.54) is 5.56 Å². The predicted octanol–water partition coefficient (Wildman–Crippen LogP) is 2.39. The molecule has 31 heavy (non-hydrogen) atoms. The zero-order valence-electron chi connectivity index (χ0n) is 16.8. The number of rotatable bonds is 6. The van der Waals surface area contributed by atoms with E-state index in [4.69, 9.17) is 9.15 Å². The molecule has 1 aromatic carbocycles. The van der Waals surface area contributed by atoms with Crippen LogP contribution in [0.2, 0.25) is 0 Å². The van der Waals surface area contributed by atoms with Crippen molar-refractivity contribution < 1.29 is 29.6 Å². The zero-order chi connectivity index (χ0) is 21.5. The van der Waals surface area contributed by atoms with Crippen LogP contribution >= 0.6 is 11.3 Å². The van der Waals surface area contributed by atoms with Gasteiger partial charge in [0, 0.05) is 12.6 Å². The number of nitrogens with zero attached hydrogens (tertiary/aromatic N) is 1. The van der Waals surface area contributed by atoms with Crippen molar-refractivity contribution in [3.8, 4) is 10.6 Å². The molecule has 1 saturated carbocycles. The summed E-state index contributed by atoms with van der Waals surface area (Å²) in [7, 11) is 0. The maximum Gasteiger partial charge on any atom is 0.145 e. The fraction of sp³-hybridized carbons (Fsp3) is 0.435. The van der Waals surface area contributed by atoms with E-state index in [-0.39, 0.29) is 0 Å². The van der Waals surface area contributed by atoms with Gasteiger partial charge in [-0.2, -0.15) is 0 Å². The van der Waals surface area contributed by atoms with Crippen molar-refractivity contribution in [2.24, 2.45) is 0 Å². The Morgan fingerprint density at radius 3 is 2.61 bits per heavy atom.